The van der Waals surface area contributed by atoms with Crippen LogP contribution in [-0.2, 0) is 26.1 Å². The third-order valence-corrected chi connectivity index (χ3v) is 6.09. The van der Waals surface area contributed by atoms with E-state index in [1.807, 2.05) is 6.07 Å². The molecule has 1 aliphatic heterocycles. The van der Waals surface area contributed by atoms with Crippen molar-refractivity contribution in [2.24, 2.45) is 0 Å². The lowest BCUT2D eigenvalue weighted by Gasteiger charge is -2.21. The molecule has 152 valence electrons. The van der Waals surface area contributed by atoms with E-state index in [1.54, 1.807) is 0 Å². The fraction of sp³-hybridized carbons (Fsp3) is 0.259. The quantitative estimate of drug-likeness (QED) is 0.448. The zero-order chi connectivity index (χ0) is 20.3. The number of aryl methyl sites for hydroxylation is 2. The first-order chi connectivity index (χ1) is 14.8. The lowest BCUT2D eigenvalue weighted by Crippen LogP contribution is -2.22. The topological polar surface area (TPSA) is 28.3 Å². The van der Waals surface area contributed by atoms with E-state index in [-0.39, 0.29) is 0 Å². The van der Waals surface area contributed by atoms with E-state index in [9.17, 15) is 0 Å². The average Bonchev–Trinajstić information content (AvgIpc) is 3.02. The van der Waals surface area contributed by atoms with Crippen LogP contribution < -0.4 is 4.74 Å². The highest BCUT2D eigenvalue weighted by Crippen LogP contribution is 2.36. The van der Waals surface area contributed by atoms with Crippen LogP contribution in [0.5, 0.6) is 5.75 Å². The van der Waals surface area contributed by atoms with Gasteiger partial charge in [0.1, 0.15) is 12.4 Å². The molecule has 0 fully saturated rings. The van der Waals surface area contributed by atoms with Gasteiger partial charge in [0.05, 0.1) is 5.52 Å². The summed E-state index contributed by atoms with van der Waals surface area (Å²) in [5.74, 6) is 0.985. The molecule has 0 spiro atoms. The Morgan fingerprint density at radius 3 is 2.40 bits per heavy atom. The van der Waals surface area contributed by atoms with Crippen LogP contribution in [0.4, 0.5) is 0 Å². The third-order valence-electron chi connectivity index (χ3n) is 6.09. The van der Waals surface area contributed by atoms with Gasteiger partial charge in [-0.15, -0.1) is 0 Å². The second-order valence-corrected chi connectivity index (χ2v) is 8.29. The summed E-state index contributed by atoms with van der Waals surface area (Å²) in [7, 11) is 0. The van der Waals surface area contributed by atoms with Gasteiger partial charge in [0, 0.05) is 24.2 Å². The van der Waals surface area contributed by atoms with Gasteiger partial charge in [0.25, 0.3) is 0 Å². The molecule has 0 saturated heterocycles. The smallest absolute Gasteiger partial charge is 0.129 e. The Morgan fingerprint density at radius 1 is 0.900 bits per heavy atom. The number of aromatic nitrogens is 1. The van der Waals surface area contributed by atoms with Crippen LogP contribution in [0.15, 0.2) is 72.8 Å². The monoisotopic (exact) mass is 396 g/mol. The maximum Gasteiger partial charge on any atom is 0.129 e. The molecule has 2 heterocycles. The van der Waals surface area contributed by atoms with E-state index >= 15 is 0 Å². The van der Waals surface area contributed by atoms with Crippen molar-refractivity contribution in [3.63, 3.8) is 0 Å². The van der Waals surface area contributed by atoms with E-state index < -0.39 is 0 Å². The number of ether oxygens (including phenoxy) is 1. The Hall–Kier alpha value is -3.04. The number of nitrogens with one attached hydrogen (secondary N) is 1. The van der Waals surface area contributed by atoms with Crippen molar-refractivity contribution in [1.29, 1.82) is 0 Å². The Kier molecular flexibility index (Phi) is 5.29. The van der Waals surface area contributed by atoms with Crippen molar-refractivity contribution >= 4 is 10.9 Å². The van der Waals surface area contributed by atoms with Crippen LogP contribution in [0.25, 0.3) is 10.9 Å². The summed E-state index contributed by atoms with van der Waals surface area (Å²) in [4.78, 5) is 6.31. The Morgan fingerprint density at radius 2 is 1.63 bits per heavy atom. The maximum atomic E-state index is 6.34. The molecule has 0 atom stereocenters. The van der Waals surface area contributed by atoms with E-state index in [0.717, 1.165) is 31.8 Å². The first-order valence-electron chi connectivity index (χ1n) is 10.8. The van der Waals surface area contributed by atoms with Gasteiger partial charge in [-0.1, -0.05) is 66.7 Å². The second-order valence-electron chi connectivity index (χ2n) is 8.29. The summed E-state index contributed by atoms with van der Waals surface area (Å²) in [6.07, 6.45) is 2.26. The fourth-order valence-corrected chi connectivity index (χ4v) is 4.53. The molecule has 0 unspecified atom stereocenters. The van der Waals surface area contributed by atoms with Gasteiger partial charge >= 0.3 is 0 Å². The lowest BCUT2D eigenvalue weighted by atomic mass is 10.1. The minimum Gasteiger partial charge on any atom is -0.488 e. The number of rotatable bonds is 5. The highest BCUT2D eigenvalue weighted by molar-refractivity contribution is 5.93. The molecule has 30 heavy (non-hydrogen) atoms. The van der Waals surface area contributed by atoms with Gasteiger partial charge in [0.15, 0.2) is 0 Å². The number of benzene rings is 3. The zero-order valence-corrected chi connectivity index (χ0v) is 17.5. The summed E-state index contributed by atoms with van der Waals surface area (Å²) in [5.41, 5.74) is 7.85. The second kappa shape index (κ2) is 8.37. The number of fused-ring (bicyclic) bond motifs is 3. The first kappa shape index (κ1) is 19.0. The molecule has 0 aliphatic carbocycles. The minimum absolute atomic E-state index is 0.590. The molecule has 0 radical (unpaired) electrons. The van der Waals surface area contributed by atoms with Gasteiger partial charge in [-0.3, -0.25) is 4.90 Å². The van der Waals surface area contributed by atoms with Crippen LogP contribution >= 0.6 is 0 Å². The molecule has 0 bridgehead atoms. The summed E-state index contributed by atoms with van der Waals surface area (Å²) in [6.45, 7) is 5.83. The summed E-state index contributed by atoms with van der Waals surface area (Å²) in [6, 6.07) is 25.5. The van der Waals surface area contributed by atoms with Crippen molar-refractivity contribution in [2.45, 2.75) is 39.5 Å². The van der Waals surface area contributed by atoms with Crippen LogP contribution in [0, 0.1) is 6.92 Å². The molecule has 3 aromatic carbocycles. The number of hydrogen-bond acceptors (Lipinski definition) is 2. The Bertz CT molecular complexity index is 1130. The molecule has 3 heteroatoms. The number of aromatic amines is 1. The highest BCUT2D eigenvalue weighted by atomic mass is 16.5. The Labute approximate surface area is 178 Å². The lowest BCUT2D eigenvalue weighted by molar-refractivity contribution is 0.261. The Balaban J connectivity index is 1.48. The predicted molar refractivity (Wildman–Crippen MR) is 123 cm³/mol. The molecular weight excluding hydrogens is 368 g/mol. The van der Waals surface area contributed by atoms with Gasteiger partial charge in [-0.25, -0.2) is 0 Å². The summed E-state index contributed by atoms with van der Waals surface area (Å²) < 4.78 is 6.34. The maximum absolute atomic E-state index is 6.34. The average molecular weight is 397 g/mol. The van der Waals surface area contributed by atoms with Crippen LogP contribution in [0.2, 0.25) is 0 Å². The highest BCUT2D eigenvalue weighted by Gasteiger charge is 2.22. The number of H-pyrrole nitrogens is 1. The molecule has 3 nitrogen and oxygen atoms in total. The van der Waals surface area contributed by atoms with Crippen LogP contribution in [0.1, 0.15) is 34.4 Å². The molecule has 1 aliphatic rings. The number of nitrogens with zero attached hydrogens (tertiary/aromatic N) is 1. The minimum atomic E-state index is 0.590. The number of hydrogen-bond donors (Lipinski definition) is 1. The van der Waals surface area contributed by atoms with Gasteiger partial charge < -0.3 is 9.72 Å². The first-order valence-corrected chi connectivity index (χ1v) is 10.8. The molecule has 1 aromatic heterocycles. The SMILES string of the molecule is Cc1ccc(OCc2ccccc2)c2c3c([nH]c12)CCCN(Cc1ccccc1)C3. The van der Waals surface area contributed by atoms with E-state index in [4.69, 9.17) is 4.74 Å². The largest absolute Gasteiger partial charge is 0.488 e. The third kappa shape index (κ3) is 3.86. The van der Waals surface area contributed by atoms with Crippen molar-refractivity contribution in [3.8, 4) is 5.75 Å². The molecular formula is C27H28N2O. The van der Waals surface area contributed by atoms with Gasteiger partial charge in [-0.2, -0.15) is 0 Å². The summed E-state index contributed by atoms with van der Waals surface area (Å²) >= 11 is 0. The van der Waals surface area contributed by atoms with Crippen molar-refractivity contribution in [3.05, 3.63) is 101 Å². The van der Waals surface area contributed by atoms with Gasteiger partial charge in [0.2, 0.25) is 0 Å². The molecule has 0 saturated carbocycles. The molecule has 1 N–H and O–H groups in total. The van der Waals surface area contributed by atoms with Crippen molar-refractivity contribution in [2.75, 3.05) is 6.54 Å². The zero-order valence-electron chi connectivity index (χ0n) is 17.5. The predicted octanol–water partition coefficient (Wildman–Crippen LogP) is 6.00. The van der Waals surface area contributed by atoms with Crippen LogP contribution in [-0.4, -0.2) is 16.4 Å². The van der Waals surface area contributed by atoms with Gasteiger partial charge in [-0.05, 0) is 54.6 Å². The van der Waals surface area contributed by atoms with Crippen LogP contribution in [0.3, 0.4) is 0 Å². The van der Waals surface area contributed by atoms with E-state index in [2.05, 4.69) is 83.5 Å². The van der Waals surface area contributed by atoms with E-state index in [1.165, 1.54) is 45.3 Å². The standard InChI is InChI=1S/C27H28N2O/c1-20-14-15-25(30-19-22-11-6-3-7-12-22)26-23-18-29(17-21-9-4-2-5-10-21)16-8-13-24(23)28-27(20)26/h2-7,9-12,14-15,28H,8,13,16-19H2,1H3. The van der Waals surface area contributed by atoms with Crippen molar-refractivity contribution in [1.82, 2.24) is 9.88 Å². The summed E-state index contributed by atoms with van der Waals surface area (Å²) in [5, 5.41) is 1.26. The van der Waals surface area contributed by atoms with Crippen molar-refractivity contribution < 1.29 is 4.74 Å². The molecule has 0 amide bonds. The normalized spacial score (nSPS) is 14.4. The van der Waals surface area contributed by atoms with E-state index in [0.29, 0.717) is 6.61 Å². The molecule has 4 aromatic rings. The molecule has 5 rings (SSSR count). The fourth-order valence-electron chi connectivity index (χ4n) is 4.53.